The quantitative estimate of drug-likeness (QED) is 0.596. The minimum Gasteiger partial charge on any atom is -0.480 e. The molecule has 3 rings (SSSR count). The number of carbonyl (C=O) groups excluding carboxylic acids is 1. The van der Waals surface area contributed by atoms with E-state index in [0.29, 0.717) is 5.56 Å². The number of halogens is 1. The standard InChI is InChI=1S/C20H17FN2O3/c21-15-5-3-4-13(10-15)8-9-19(24)23-18(20(25)26)11-14-12-22-17-7-2-1-6-16(14)17/h1-10,12,18,22H,11H2,(H,23,24)(H,25,26)/b9-8+. The molecule has 0 spiro atoms. The van der Waals surface area contributed by atoms with Crippen LogP contribution in [0.25, 0.3) is 17.0 Å². The van der Waals surface area contributed by atoms with Crippen LogP contribution in [0.3, 0.4) is 0 Å². The number of hydrogen-bond donors (Lipinski definition) is 3. The van der Waals surface area contributed by atoms with Gasteiger partial charge in [0.2, 0.25) is 5.91 Å². The summed E-state index contributed by atoms with van der Waals surface area (Å²) >= 11 is 0. The van der Waals surface area contributed by atoms with E-state index in [1.54, 1.807) is 12.3 Å². The first kappa shape index (κ1) is 17.4. The molecule has 3 N–H and O–H groups in total. The Hall–Kier alpha value is -3.41. The van der Waals surface area contributed by atoms with Crippen LogP contribution >= 0.6 is 0 Å². The smallest absolute Gasteiger partial charge is 0.326 e. The third-order valence-electron chi connectivity index (χ3n) is 3.99. The zero-order valence-electron chi connectivity index (χ0n) is 13.8. The molecule has 1 aromatic heterocycles. The number of H-pyrrole nitrogens is 1. The SMILES string of the molecule is O=C(/C=C/c1cccc(F)c1)NC(Cc1c[nH]c2ccccc12)C(=O)O. The Morgan fingerprint density at radius 2 is 2.00 bits per heavy atom. The van der Waals surface area contributed by atoms with Gasteiger partial charge < -0.3 is 15.4 Å². The molecule has 0 saturated heterocycles. The van der Waals surface area contributed by atoms with Crippen LogP contribution in [0, 0.1) is 5.82 Å². The summed E-state index contributed by atoms with van der Waals surface area (Å²) < 4.78 is 13.1. The average Bonchev–Trinajstić information content (AvgIpc) is 3.02. The third-order valence-corrected chi connectivity index (χ3v) is 3.99. The molecule has 2 aromatic carbocycles. The molecule has 0 saturated carbocycles. The number of carboxylic acid groups (broad SMARTS) is 1. The van der Waals surface area contributed by atoms with Crippen molar-refractivity contribution in [2.75, 3.05) is 0 Å². The fourth-order valence-electron chi connectivity index (χ4n) is 2.72. The molecule has 6 heteroatoms. The van der Waals surface area contributed by atoms with Gasteiger partial charge in [0.15, 0.2) is 0 Å². The summed E-state index contributed by atoms with van der Waals surface area (Å²) in [5.74, 6) is -2.08. The molecule has 0 aliphatic heterocycles. The molecule has 1 atom stereocenters. The summed E-state index contributed by atoms with van der Waals surface area (Å²) in [7, 11) is 0. The highest BCUT2D eigenvalue weighted by Gasteiger charge is 2.21. The van der Waals surface area contributed by atoms with Crippen molar-refractivity contribution in [2.45, 2.75) is 12.5 Å². The summed E-state index contributed by atoms with van der Waals surface area (Å²) in [6, 6.07) is 12.2. The first-order valence-electron chi connectivity index (χ1n) is 8.05. The number of carboxylic acids is 1. The first-order chi connectivity index (χ1) is 12.5. The molecule has 26 heavy (non-hydrogen) atoms. The molecule has 0 fully saturated rings. The second kappa shape index (κ2) is 7.65. The normalized spacial score (nSPS) is 12.3. The molecular formula is C20H17FN2O3. The highest BCUT2D eigenvalue weighted by Crippen LogP contribution is 2.19. The zero-order valence-corrected chi connectivity index (χ0v) is 13.8. The summed E-state index contributed by atoms with van der Waals surface area (Å²) in [5.41, 5.74) is 2.23. The molecule has 0 aliphatic carbocycles. The van der Waals surface area contributed by atoms with Gasteiger partial charge in [-0.3, -0.25) is 4.79 Å². The van der Waals surface area contributed by atoms with Crippen LogP contribution in [-0.4, -0.2) is 28.0 Å². The minimum atomic E-state index is -1.12. The molecule has 1 heterocycles. The lowest BCUT2D eigenvalue weighted by molar-refractivity contribution is -0.141. The maximum atomic E-state index is 13.1. The van der Waals surface area contributed by atoms with Crippen LogP contribution < -0.4 is 5.32 Å². The van der Waals surface area contributed by atoms with E-state index in [4.69, 9.17) is 0 Å². The topological polar surface area (TPSA) is 82.2 Å². The van der Waals surface area contributed by atoms with Gasteiger partial charge in [-0.15, -0.1) is 0 Å². The second-order valence-electron chi connectivity index (χ2n) is 5.85. The van der Waals surface area contributed by atoms with Crippen molar-refractivity contribution in [1.29, 1.82) is 0 Å². The fraction of sp³-hybridized carbons (Fsp3) is 0.100. The number of hydrogen-bond acceptors (Lipinski definition) is 2. The van der Waals surface area contributed by atoms with E-state index in [0.717, 1.165) is 16.5 Å². The molecule has 1 amide bonds. The van der Waals surface area contributed by atoms with Gasteiger partial charge in [-0.25, -0.2) is 9.18 Å². The Kier molecular flexibility index (Phi) is 5.12. The van der Waals surface area contributed by atoms with Crippen molar-refractivity contribution in [1.82, 2.24) is 10.3 Å². The highest BCUT2D eigenvalue weighted by atomic mass is 19.1. The van der Waals surface area contributed by atoms with Gasteiger partial charge in [0.05, 0.1) is 0 Å². The van der Waals surface area contributed by atoms with Gasteiger partial charge in [0.1, 0.15) is 11.9 Å². The number of aromatic amines is 1. The predicted molar refractivity (Wildman–Crippen MR) is 97.0 cm³/mol. The van der Waals surface area contributed by atoms with E-state index in [-0.39, 0.29) is 6.42 Å². The van der Waals surface area contributed by atoms with Gasteiger partial charge in [0, 0.05) is 29.6 Å². The highest BCUT2D eigenvalue weighted by molar-refractivity contribution is 5.94. The maximum Gasteiger partial charge on any atom is 0.326 e. The van der Waals surface area contributed by atoms with E-state index in [1.165, 1.54) is 30.4 Å². The van der Waals surface area contributed by atoms with Crippen molar-refractivity contribution in [2.24, 2.45) is 0 Å². The lowest BCUT2D eigenvalue weighted by Gasteiger charge is -2.12. The van der Waals surface area contributed by atoms with Crippen LogP contribution in [0.5, 0.6) is 0 Å². The Labute approximate surface area is 149 Å². The number of amides is 1. The number of nitrogens with one attached hydrogen (secondary N) is 2. The number of aliphatic carboxylic acids is 1. The van der Waals surface area contributed by atoms with Crippen molar-refractivity contribution < 1.29 is 19.1 Å². The van der Waals surface area contributed by atoms with Crippen LogP contribution in [0.2, 0.25) is 0 Å². The number of benzene rings is 2. The first-order valence-corrected chi connectivity index (χ1v) is 8.05. The Morgan fingerprint density at radius 1 is 1.19 bits per heavy atom. The molecular weight excluding hydrogens is 335 g/mol. The molecule has 132 valence electrons. The van der Waals surface area contributed by atoms with E-state index >= 15 is 0 Å². The van der Waals surface area contributed by atoms with Crippen LogP contribution in [-0.2, 0) is 16.0 Å². The van der Waals surface area contributed by atoms with Gasteiger partial charge in [-0.05, 0) is 35.4 Å². The summed E-state index contributed by atoms with van der Waals surface area (Å²) in [6.45, 7) is 0. The number of carbonyl (C=O) groups is 2. The van der Waals surface area contributed by atoms with Crippen molar-refractivity contribution >= 4 is 28.9 Å². The summed E-state index contributed by atoms with van der Waals surface area (Å²) in [6.07, 6.45) is 4.52. The Balaban J connectivity index is 1.70. The van der Waals surface area contributed by atoms with Gasteiger partial charge in [-0.2, -0.15) is 0 Å². The molecule has 5 nitrogen and oxygen atoms in total. The second-order valence-corrected chi connectivity index (χ2v) is 5.85. The number of rotatable bonds is 6. The van der Waals surface area contributed by atoms with Crippen molar-refractivity contribution in [3.8, 4) is 0 Å². The predicted octanol–water partition coefficient (Wildman–Crippen LogP) is 3.13. The maximum absolute atomic E-state index is 13.1. The van der Waals surface area contributed by atoms with Gasteiger partial charge in [-0.1, -0.05) is 30.3 Å². The molecule has 1 unspecified atom stereocenters. The molecule has 3 aromatic rings. The largest absolute Gasteiger partial charge is 0.480 e. The van der Waals surface area contributed by atoms with Crippen molar-refractivity contribution in [3.63, 3.8) is 0 Å². The average molecular weight is 352 g/mol. The fourth-order valence-corrected chi connectivity index (χ4v) is 2.72. The molecule has 0 aliphatic rings. The molecule has 0 radical (unpaired) electrons. The zero-order chi connectivity index (χ0) is 18.5. The van der Waals surface area contributed by atoms with Gasteiger partial charge >= 0.3 is 5.97 Å². The van der Waals surface area contributed by atoms with Gasteiger partial charge in [0.25, 0.3) is 0 Å². The van der Waals surface area contributed by atoms with E-state index in [2.05, 4.69) is 10.3 Å². The van der Waals surface area contributed by atoms with Crippen LogP contribution in [0.1, 0.15) is 11.1 Å². The number of fused-ring (bicyclic) bond motifs is 1. The Morgan fingerprint density at radius 3 is 2.77 bits per heavy atom. The van der Waals surface area contributed by atoms with Crippen LogP contribution in [0.4, 0.5) is 4.39 Å². The van der Waals surface area contributed by atoms with E-state index in [1.807, 2.05) is 24.3 Å². The van der Waals surface area contributed by atoms with E-state index < -0.39 is 23.7 Å². The van der Waals surface area contributed by atoms with Crippen LogP contribution in [0.15, 0.2) is 60.8 Å². The lowest BCUT2D eigenvalue weighted by atomic mass is 10.0. The summed E-state index contributed by atoms with van der Waals surface area (Å²) in [4.78, 5) is 26.6. The Bertz CT molecular complexity index is 978. The third kappa shape index (κ3) is 4.16. The monoisotopic (exact) mass is 352 g/mol. The number of aromatic nitrogens is 1. The molecule has 0 bridgehead atoms. The summed E-state index contributed by atoms with van der Waals surface area (Å²) in [5, 5.41) is 12.8. The van der Waals surface area contributed by atoms with E-state index in [9.17, 15) is 19.1 Å². The number of para-hydroxylation sites is 1. The van der Waals surface area contributed by atoms with Crippen molar-refractivity contribution in [3.05, 3.63) is 77.7 Å². The minimum absolute atomic E-state index is 0.152. The lowest BCUT2D eigenvalue weighted by Crippen LogP contribution is -2.41.